The molecule has 0 radical (unpaired) electrons. The predicted octanol–water partition coefficient (Wildman–Crippen LogP) is 3.40. The Bertz CT molecular complexity index is 368. The molecule has 0 amide bonds. The van der Waals surface area contributed by atoms with Crippen LogP contribution in [0.4, 0.5) is 0 Å². The van der Waals surface area contributed by atoms with Gasteiger partial charge in [-0.25, -0.2) is 4.98 Å². The molecule has 0 aliphatic carbocycles. The summed E-state index contributed by atoms with van der Waals surface area (Å²) in [4.78, 5) is 7.32. The molecule has 0 spiro atoms. The van der Waals surface area contributed by atoms with E-state index in [9.17, 15) is 0 Å². The lowest BCUT2D eigenvalue weighted by Crippen LogP contribution is -1.82. The Balaban J connectivity index is 0.000000531. The smallest absolute Gasteiger partial charge is 0.137 e. The van der Waals surface area contributed by atoms with Crippen molar-refractivity contribution in [3.63, 3.8) is 0 Å². The Kier molecular flexibility index (Phi) is 3.50. The summed E-state index contributed by atoms with van der Waals surface area (Å²) in [6, 6.07) is 4.21. The maximum Gasteiger partial charge on any atom is 0.137 e. The van der Waals surface area contributed by atoms with E-state index in [1.807, 2.05) is 32.3 Å². The van der Waals surface area contributed by atoms with Gasteiger partial charge < -0.3 is 4.98 Å². The average Bonchev–Trinajstić information content (AvgIpc) is 2.67. The van der Waals surface area contributed by atoms with Crippen LogP contribution in [-0.2, 0) is 6.42 Å². The normalized spacial score (nSPS) is 9.46. The monoisotopic (exact) mass is 178 g/mol. The molecule has 13 heavy (non-hydrogen) atoms. The Morgan fingerprint density at radius 3 is 2.92 bits per heavy atom. The highest BCUT2D eigenvalue weighted by Crippen LogP contribution is 2.10. The van der Waals surface area contributed by atoms with Crippen LogP contribution in [-0.4, -0.2) is 9.97 Å². The Morgan fingerprint density at radius 2 is 2.23 bits per heavy atom. The Labute approximate surface area is 80.5 Å². The van der Waals surface area contributed by atoms with Gasteiger partial charge in [-0.3, -0.25) is 0 Å². The highest BCUT2D eigenvalue weighted by molar-refractivity contribution is 5.75. The third-order valence-corrected chi connectivity index (χ3v) is 1.86. The second kappa shape index (κ2) is 4.65. The summed E-state index contributed by atoms with van der Waals surface area (Å²) in [5.74, 6) is 0. The number of aromatic nitrogens is 2. The molecule has 2 aromatic heterocycles. The number of nitrogens with one attached hydrogen (secondary N) is 1. The van der Waals surface area contributed by atoms with Gasteiger partial charge in [0.1, 0.15) is 5.65 Å². The first-order valence-electron chi connectivity index (χ1n) is 4.82. The number of fused-ring (bicyclic) bond motifs is 1. The molecular formula is C11H18N2. The van der Waals surface area contributed by atoms with Gasteiger partial charge in [0.2, 0.25) is 0 Å². The molecule has 2 aromatic rings. The number of nitrogens with zero attached hydrogens (tertiary/aromatic N) is 1. The van der Waals surface area contributed by atoms with Crippen LogP contribution in [0.1, 0.15) is 27.8 Å². The standard InChI is InChI=1S/C9H10N2.C2H6.H2/c1-2-7-5-8-3-4-10-9(8)11-6-7;1-2;/h3-6H,2H2,1H3,(H,10,11);1-2H3;1H. The number of H-pyrrole nitrogens is 1. The fourth-order valence-electron chi connectivity index (χ4n) is 1.18. The molecule has 2 heterocycles. The van der Waals surface area contributed by atoms with Crippen LogP contribution in [0.25, 0.3) is 11.0 Å². The number of hydrogen-bond donors (Lipinski definition) is 1. The number of aryl methyl sites for hydroxylation is 1. The zero-order valence-corrected chi connectivity index (χ0v) is 8.46. The summed E-state index contributed by atoms with van der Waals surface area (Å²) < 4.78 is 0. The van der Waals surface area contributed by atoms with Gasteiger partial charge in [0.15, 0.2) is 0 Å². The third-order valence-electron chi connectivity index (χ3n) is 1.86. The molecule has 0 saturated carbocycles. The van der Waals surface area contributed by atoms with Crippen molar-refractivity contribution in [3.05, 3.63) is 30.1 Å². The van der Waals surface area contributed by atoms with Gasteiger partial charge in [0, 0.05) is 19.2 Å². The first-order valence-corrected chi connectivity index (χ1v) is 4.82. The van der Waals surface area contributed by atoms with Crippen molar-refractivity contribution < 1.29 is 1.43 Å². The molecule has 0 aromatic carbocycles. The van der Waals surface area contributed by atoms with E-state index in [0.717, 1.165) is 12.1 Å². The van der Waals surface area contributed by atoms with Gasteiger partial charge in [-0.2, -0.15) is 0 Å². The predicted molar refractivity (Wildman–Crippen MR) is 58.9 cm³/mol. The highest BCUT2D eigenvalue weighted by Gasteiger charge is 1.95. The van der Waals surface area contributed by atoms with Crippen molar-refractivity contribution >= 4 is 11.0 Å². The molecule has 2 rings (SSSR count). The molecule has 0 atom stereocenters. The molecule has 0 aliphatic rings. The van der Waals surface area contributed by atoms with Gasteiger partial charge in [0.25, 0.3) is 0 Å². The van der Waals surface area contributed by atoms with Gasteiger partial charge in [-0.1, -0.05) is 20.8 Å². The van der Waals surface area contributed by atoms with Crippen molar-refractivity contribution in [2.75, 3.05) is 0 Å². The first-order chi connectivity index (χ1) is 6.40. The molecule has 0 aliphatic heterocycles. The molecule has 0 saturated heterocycles. The van der Waals surface area contributed by atoms with E-state index in [2.05, 4.69) is 23.0 Å². The van der Waals surface area contributed by atoms with E-state index in [1.54, 1.807) is 0 Å². The van der Waals surface area contributed by atoms with Gasteiger partial charge >= 0.3 is 0 Å². The van der Waals surface area contributed by atoms with Crippen molar-refractivity contribution in [3.8, 4) is 0 Å². The van der Waals surface area contributed by atoms with E-state index < -0.39 is 0 Å². The molecule has 72 valence electrons. The minimum Gasteiger partial charge on any atom is -0.346 e. The summed E-state index contributed by atoms with van der Waals surface area (Å²) >= 11 is 0. The average molecular weight is 178 g/mol. The summed E-state index contributed by atoms with van der Waals surface area (Å²) in [6.45, 7) is 6.13. The second-order valence-corrected chi connectivity index (χ2v) is 2.61. The molecule has 2 nitrogen and oxygen atoms in total. The van der Waals surface area contributed by atoms with Crippen molar-refractivity contribution in [2.45, 2.75) is 27.2 Å². The SMILES string of the molecule is CC.CCc1cnc2[nH]ccc2c1.[HH]. The molecule has 1 N–H and O–H groups in total. The van der Waals surface area contributed by atoms with Crippen LogP contribution < -0.4 is 0 Å². The Morgan fingerprint density at radius 1 is 1.46 bits per heavy atom. The van der Waals surface area contributed by atoms with Gasteiger partial charge in [-0.15, -0.1) is 0 Å². The first kappa shape index (κ1) is 9.78. The van der Waals surface area contributed by atoms with E-state index in [4.69, 9.17) is 0 Å². The minimum absolute atomic E-state index is 0. The lowest BCUT2D eigenvalue weighted by atomic mass is 10.2. The van der Waals surface area contributed by atoms with E-state index in [0.29, 0.717) is 0 Å². The van der Waals surface area contributed by atoms with Crippen LogP contribution in [0.15, 0.2) is 24.5 Å². The van der Waals surface area contributed by atoms with E-state index >= 15 is 0 Å². The zero-order chi connectivity index (χ0) is 9.68. The summed E-state index contributed by atoms with van der Waals surface area (Å²) in [7, 11) is 0. The van der Waals surface area contributed by atoms with Crippen molar-refractivity contribution in [2.24, 2.45) is 0 Å². The lowest BCUT2D eigenvalue weighted by Gasteiger charge is -1.93. The highest BCUT2D eigenvalue weighted by atomic mass is 14.8. The second-order valence-electron chi connectivity index (χ2n) is 2.61. The van der Waals surface area contributed by atoms with E-state index in [-0.39, 0.29) is 1.43 Å². The van der Waals surface area contributed by atoms with Crippen LogP contribution in [0.2, 0.25) is 0 Å². The number of pyridine rings is 1. The number of aromatic amines is 1. The van der Waals surface area contributed by atoms with Crippen LogP contribution in [0.5, 0.6) is 0 Å². The summed E-state index contributed by atoms with van der Waals surface area (Å²) in [5, 5.41) is 1.20. The van der Waals surface area contributed by atoms with Crippen molar-refractivity contribution in [1.82, 2.24) is 9.97 Å². The maximum atomic E-state index is 4.26. The summed E-state index contributed by atoms with van der Waals surface area (Å²) in [5.41, 5.74) is 2.26. The van der Waals surface area contributed by atoms with Gasteiger partial charge in [-0.05, 0) is 24.1 Å². The summed E-state index contributed by atoms with van der Waals surface area (Å²) in [6.07, 6.45) is 4.88. The molecule has 0 fully saturated rings. The fourth-order valence-corrected chi connectivity index (χ4v) is 1.18. The fraction of sp³-hybridized carbons (Fsp3) is 0.364. The number of rotatable bonds is 1. The molecular weight excluding hydrogens is 160 g/mol. The van der Waals surface area contributed by atoms with Gasteiger partial charge in [0.05, 0.1) is 0 Å². The zero-order valence-electron chi connectivity index (χ0n) is 8.46. The minimum atomic E-state index is 0. The third kappa shape index (κ3) is 2.08. The number of hydrogen-bond acceptors (Lipinski definition) is 1. The quantitative estimate of drug-likeness (QED) is 0.712. The largest absolute Gasteiger partial charge is 0.346 e. The molecule has 0 unspecified atom stereocenters. The van der Waals surface area contributed by atoms with Crippen LogP contribution in [0.3, 0.4) is 0 Å². The topological polar surface area (TPSA) is 28.7 Å². The molecule has 0 bridgehead atoms. The molecule has 2 heteroatoms. The van der Waals surface area contributed by atoms with E-state index in [1.165, 1.54) is 10.9 Å². The van der Waals surface area contributed by atoms with Crippen molar-refractivity contribution in [1.29, 1.82) is 0 Å². The van der Waals surface area contributed by atoms with Crippen LogP contribution >= 0.6 is 0 Å². The van der Waals surface area contributed by atoms with Crippen LogP contribution in [0, 0.1) is 0 Å². The Hall–Kier alpha value is -1.31. The lowest BCUT2D eigenvalue weighted by molar-refractivity contribution is 1.12. The maximum absolute atomic E-state index is 4.26.